The van der Waals surface area contributed by atoms with E-state index < -0.39 is 53.7 Å². The summed E-state index contributed by atoms with van der Waals surface area (Å²) in [7, 11) is 4.57. The summed E-state index contributed by atoms with van der Waals surface area (Å²) >= 11 is 6.70. The average Bonchev–Trinajstić information content (AvgIpc) is 3.65. The van der Waals surface area contributed by atoms with Crippen molar-refractivity contribution in [1.29, 1.82) is 0 Å². The van der Waals surface area contributed by atoms with Crippen molar-refractivity contribution < 1.29 is 43.2 Å². The van der Waals surface area contributed by atoms with E-state index in [1.807, 2.05) is 45.9 Å². The van der Waals surface area contributed by atoms with Crippen LogP contribution in [-0.2, 0) is 35.0 Å². The summed E-state index contributed by atoms with van der Waals surface area (Å²) in [6.07, 6.45) is 1.84. The number of ether oxygens (including phenoxy) is 5. The van der Waals surface area contributed by atoms with Gasteiger partial charge in [-0.05, 0) is 43.9 Å². The number of hydrogen-bond acceptors (Lipinski definition) is 9. The lowest BCUT2D eigenvalue weighted by Crippen LogP contribution is -2.63. The molecule has 4 bridgehead atoms. The van der Waals surface area contributed by atoms with Crippen molar-refractivity contribution in [2.75, 3.05) is 26.2 Å². The fraction of sp³-hybridized carbons (Fsp3) is 0.606. The van der Waals surface area contributed by atoms with Crippen LogP contribution in [0.25, 0.3) is 0 Å². The lowest BCUT2D eigenvalue weighted by atomic mass is 9.83. The molecule has 2 fully saturated rings. The highest BCUT2D eigenvalue weighted by molar-refractivity contribution is 6.35. The zero-order chi connectivity index (χ0) is 33.3. The van der Waals surface area contributed by atoms with Crippen molar-refractivity contribution in [1.82, 2.24) is 5.32 Å². The lowest BCUT2D eigenvalue weighted by molar-refractivity contribution is -0.154. The zero-order valence-electron chi connectivity index (χ0n) is 27.2. The Morgan fingerprint density at radius 3 is 2.62 bits per heavy atom. The molecule has 248 valence electrons. The number of benzene rings is 1. The molecule has 7 unspecified atom stereocenters. The second-order valence-electron chi connectivity index (χ2n) is 12.9. The number of nitrogens with zero attached hydrogens (tertiary/aromatic N) is 1. The maximum Gasteiger partial charge on any atom is 0.409 e. The van der Waals surface area contributed by atoms with Gasteiger partial charge in [-0.25, -0.2) is 4.79 Å². The van der Waals surface area contributed by atoms with E-state index in [2.05, 4.69) is 5.32 Å². The number of methoxy groups -OCH3 is 2. The van der Waals surface area contributed by atoms with Crippen LogP contribution >= 0.6 is 11.6 Å². The quantitative estimate of drug-likeness (QED) is 0.344. The molecule has 3 aliphatic heterocycles. The molecule has 0 saturated carbocycles. The summed E-state index contributed by atoms with van der Waals surface area (Å²) in [5, 5.41) is 14.4. The van der Waals surface area contributed by atoms with Crippen molar-refractivity contribution in [3.8, 4) is 5.75 Å². The minimum atomic E-state index is -1.77. The first-order valence-electron chi connectivity index (χ1n) is 15.2. The van der Waals surface area contributed by atoms with E-state index >= 15 is 0 Å². The van der Waals surface area contributed by atoms with Crippen LogP contribution in [-0.4, -0.2) is 80.1 Å². The Hall–Kier alpha value is -3.12. The number of aliphatic hydroxyl groups is 1. The Morgan fingerprint density at radius 1 is 1.27 bits per heavy atom. The molecule has 0 aliphatic carbocycles. The van der Waals surface area contributed by atoms with Crippen LogP contribution in [0.15, 0.2) is 35.9 Å². The lowest BCUT2D eigenvalue weighted by Gasteiger charge is -2.42. The third kappa shape index (κ3) is 7.65. The number of carbonyl (C=O) groups excluding carboxylic acids is 3. The number of esters is 1. The fourth-order valence-electron chi connectivity index (χ4n) is 6.15. The number of anilines is 1. The summed E-state index contributed by atoms with van der Waals surface area (Å²) in [4.78, 5) is 40.9. The van der Waals surface area contributed by atoms with Crippen molar-refractivity contribution in [3.63, 3.8) is 0 Å². The van der Waals surface area contributed by atoms with Gasteiger partial charge < -0.3 is 33.7 Å². The highest BCUT2D eigenvalue weighted by Crippen LogP contribution is 2.49. The van der Waals surface area contributed by atoms with Crippen molar-refractivity contribution in [3.05, 3.63) is 46.5 Å². The van der Waals surface area contributed by atoms with Gasteiger partial charge in [0, 0.05) is 32.9 Å². The van der Waals surface area contributed by atoms with E-state index in [1.54, 1.807) is 26.1 Å². The third-order valence-corrected chi connectivity index (χ3v) is 9.18. The molecule has 0 aromatic heterocycles. The number of allylic oxidation sites excluding steroid dienone is 3. The van der Waals surface area contributed by atoms with E-state index in [4.69, 9.17) is 35.3 Å². The van der Waals surface area contributed by atoms with E-state index in [1.165, 1.54) is 19.1 Å². The van der Waals surface area contributed by atoms with Gasteiger partial charge in [-0.2, -0.15) is 0 Å². The third-order valence-electron chi connectivity index (χ3n) is 8.80. The van der Waals surface area contributed by atoms with Gasteiger partial charge in [-0.3, -0.25) is 14.9 Å². The van der Waals surface area contributed by atoms with Crippen LogP contribution in [0.1, 0.15) is 59.4 Å². The van der Waals surface area contributed by atoms with E-state index in [0.29, 0.717) is 17.9 Å². The van der Waals surface area contributed by atoms with Crippen molar-refractivity contribution in [2.45, 2.75) is 96.0 Å². The number of hydrogen-bond donors (Lipinski definition) is 2. The molecular formula is C33H45ClN2O9. The molecule has 45 heavy (non-hydrogen) atoms. The SMILES string of the molecule is COc1cc2cc(c1Cl)N(C)C(=O)CC(OC(=O)CC(C)C)C1(C)OC1C(C)C1CC(O)(NC(=O)O1)C(OC)/C=C\C=C(\C)C2. The molecule has 2 N–H and O–H groups in total. The molecule has 3 aliphatic rings. The van der Waals surface area contributed by atoms with Gasteiger partial charge >= 0.3 is 12.1 Å². The normalized spacial score (nSPS) is 34.2. The topological polar surface area (TPSA) is 136 Å². The van der Waals surface area contributed by atoms with Gasteiger partial charge in [0.15, 0.2) is 5.72 Å². The second kappa shape index (κ2) is 13.7. The van der Waals surface area contributed by atoms with Crippen LogP contribution in [0.2, 0.25) is 5.02 Å². The van der Waals surface area contributed by atoms with Gasteiger partial charge in [0.2, 0.25) is 5.91 Å². The van der Waals surface area contributed by atoms with Crippen LogP contribution in [0.3, 0.4) is 0 Å². The minimum Gasteiger partial charge on any atom is -0.495 e. The summed E-state index contributed by atoms with van der Waals surface area (Å²) in [5.41, 5.74) is -0.578. The monoisotopic (exact) mass is 648 g/mol. The van der Waals surface area contributed by atoms with Gasteiger partial charge in [0.1, 0.15) is 34.7 Å². The largest absolute Gasteiger partial charge is 0.495 e. The summed E-state index contributed by atoms with van der Waals surface area (Å²) in [6.45, 7) is 9.36. The number of carbonyl (C=O) groups is 3. The minimum absolute atomic E-state index is 0.00495. The van der Waals surface area contributed by atoms with Crippen LogP contribution in [0.5, 0.6) is 5.75 Å². The Balaban J connectivity index is 1.79. The van der Waals surface area contributed by atoms with Gasteiger partial charge in [0.25, 0.3) is 0 Å². The number of nitrogens with one attached hydrogen (secondary N) is 1. The molecule has 0 radical (unpaired) electrons. The molecule has 7 atom stereocenters. The fourth-order valence-corrected chi connectivity index (χ4v) is 6.46. The first kappa shape index (κ1) is 34.7. The highest BCUT2D eigenvalue weighted by Gasteiger charge is 2.64. The van der Waals surface area contributed by atoms with Crippen LogP contribution in [0.4, 0.5) is 10.5 Å². The maximum absolute atomic E-state index is 13.8. The van der Waals surface area contributed by atoms with Gasteiger partial charge in [-0.15, -0.1) is 0 Å². The standard InChI is InChI=1S/C33H45ClN2O9/c1-18(2)12-28(38)44-26-16-27(37)36(6)22-14-21(15-23(41-7)29(22)34)13-19(3)10-9-11-25(42-8)33(40)17-24(43-31(39)35-33)20(4)30-32(26,5)45-30/h9-11,14-15,18,20,24-26,30,40H,12-13,16-17H2,1-8H3,(H,35,39)/b11-9-,19-10-. The Morgan fingerprint density at radius 2 is 1.98 bits per heavy atom. The molecule has 1 aromatic rings. The Bertz CT molecular complexity index is 1360. The first-order valence-corrected chi connectivity index (χ1v) is 15.6. The van der Waals surface area contributed by atoms with Gasteiger partial charge in [-0.1, -0.05) is 56.2 Å². The average molecular weight is 649 g/mol. The highest BCUT2D eigenvalue weighted by atomic mass is 35.5. The smallest absolute Gasteiger partial charge is 0.409 e. The molecule has 2 saturated heterocycles. The van der Waals surface area contributed by atoms with Crippen LogP contribution < -0.4 is 15.0 Å². The summed E-state index contributed by atoms with van der Waals surface area (Å²) < 4.78 is 28.9. The predicted octanol–water partition coefficient (Wildman–Crippen LogP) is 4.71. The zero-order valence-corrected chi connectivity index (χ0v) is 28.0. The van der Waals surface area contributed by atoms with Crippen molar-refractivity contribution >= 4 is 35.3 Å². The van der Waals surface area contributed by atoms with E-state index in [9.17, 15) is 19.5 Å². The summed E-state index contributed by atoms with van der Waals surface area (Å²) in [5.74, 6) is -0.779. The summed E-state index contributed by atoms with van der Waals surface area (Å²) in [6, 6.07) is 3.64. The molecule has 11 nitrogen and oxygen atoms in total. The number of amides is 2. The van der Waals surface area contributed by atoms with Crippen molar-refractivity contribution in [2.24, 2.45) is 11.8 Å². The number of fused-ring (bicyclic) bond motifs is 5. The molecular weight excluding hydrogens is 604 g/mol. The Labute approximate surface area is 269 Å². The first-order chi connectivity index (χ1) is 21.1. The van der Waals surface area contributed by atoms with Crippen LogP contribution in [0, 0.1) is 11.8 Å². The number of alkyl carbamates (subject to hydrolysis) is 1. The molecule has 3 heterocycles. The second-order valence-corrected chi connectivity index (χ2v) is 13.3. The number of rotatable bonds is 5. The molecule has 2 amide bonds. The Kier molecular flexibility index (Phi) is 10.6. The molecule has 0 spiro atoms. The van der Waals surface area contributed by atoms with Gasteiger partial charge in [0.05, 0.1) is 25.3 Å². The number of epoxide rings is 1. The number of halogens is 1. The maximum atomic E-state index is 13.8. The molecule has 4 rings (SSSR count). The molecule has 1 aromatic carbocycles. The van der Waals surface area contributed by atoms with E-state index in [-0.39, 0.29) is 36.1 Å². The van der Waals surface area contributed by atoms with E-state index in [0.717, 1.165) is 11.1 Å². The molecule has 12 heteroatoms. The predicted molar refractivity (Wildman–Crippen MR) is 168 cm³/mol.